The predicted octanol–water partition coefficient (Wildman–Crippen LogP) is 2.54. The van der Waals surface area contributed by atoms with E-state index >= 15 is 0 Å². The molecule has 0 aromatic heterocycles. The molecule has 0 unspecified atom stereocenters. The fourth-order valence-electron chi connectivity index (χ4n) is 2.62. The maximum Gasteiger partial charge on any atom is 0.405 e. The zero-order valence-electron chi connectivity index (χ0n) is 14.0. The molecule has 3 N–H and O–H groups in total. The third-order valence-corrected chi connectivity index (χ3v) is 3.72. The van der Waals surface area contributed by atoms with Crippen LogP contribution in [0.15, 0.2) is 42.5 Å². The Morgan fingerprint density at radius 1 is 1.00 bits per heavy atom. The van der Waals surface area contributed by atoms with Crippen LogP contribution in [0.4, 0.5) is 13.2 Å². The van der Waals surface area contributed by atoms with E-state index in [4.69, 9.17) is 5.11 Å². The molecule has 2 amide bonds. The number of carbonyl (C=O) groups excluding carboxylic acids is 2. The number of carboxylic acids is 1. The van der Waals surface area contributed by atoms with E-state index in [1.807, 2.05) is 18.2 Å². The van der Waals surface area contributed by atoms with Gasteiger partial charge >= 0.3 is 12.1 Å². The molecule has 2 rings (SSSR count). The lowest BCUT2D eigenvalue weighted by molar-refractivity contribution is -0.141. The second-order valence-corrected chi connectivity index (χ2v) is 5.86. The van der Waals surface area contributed by atoms with Crippen molar-refractivity contribution in [1.82, 2.24) is 10.6 Å². The van der Waals surface area contributed by atoms with E-state index in [9.17, 15) is 27.6 Å². The summed E-state index contributed by atoms with van der Waals surface area (Å²) < 4.78 is 36.3. The summed E-state index contributed by atoms with van der Waals surface area (Å²) in [6, 6.07) is 11.4. The minimum atomic E-state index is -4.58. The Balaban J connectivity index is 2.13. The van der Waals surface area contributed by atoms with Gasteiger partial charge < -0.3 is 15.7 Å². The van der Waals surface area contributed by atoms with E-state index in [-0.39, 0.29) is 0 Å². The summed E-state index contributed by atoms with van der Waals surface area (Å²) in [5.74, 6) is -3.14. The second kappa shape index (κ2) is 8.52. The molecule has 27 heavy (non-hydrogen) atoms. The summed E-state index contributed by atoms with van der Waals surface area (Å²) in [5.41, 5.74) is 0.541. The quantitative estimate of drug-likeness (QED) is 0.642. The number of halogens is 3. The molecule has 0 heterocycles. The van der Waals surface area contributed by atoms with Crippen LogP contribution >= 0.6 is 0 Å². The lowest BCUT2D eigenvalue weighted by Crippen LogP contribution is -2.38. The SMILES string of the molecule is O=C(O)C[C@@H](NC(=O)CC(=O)NCC(F)(F)F)c1cccc2ccccc12. The molecule has 0 saturated heterocycles. The molecular formula is C18H17F3N2O4. The van der Waals surface area contributed by atoms with Crippen molar-refractivity contribution < 1.29 is 32.7 Å². The van der Waals surface area contributed by atoms with Gasteiger partial charge in [-0.1, -0.05) is 42.5 Å². The highest BCUT2D eigenvalue weighted by molar-refractivity contribution is 5.97. The van der Waals surface area contributed by atoms with E-state index in [0.29, 0.717) is 5.56 Å². The van der Waals surface area contributed by atoms with Crippen LogP contribution in [-0.4, -0.2) is 35.6 Å². The highest BCUT2D eigenvalue weighted by Gasteiger charge is 2.28. The molecule has 0 saturated carbocycles. The third kappa shape index (κ3) is 6.28. The van der Waals surface area contributed by atoms with Crippen molar-refractivity contribution in [2.24, 2.45) is 0 Å². The molecule has 0 aliphatic carbocycles. The first-order valence-electron chi connectivity index (χ1n) is 7.98. The maximum absolute atomic E-state index is 12.1. The summed E-state index contributed by atoms with van der Waals surface area (Å²) in [6.45, 7) is -1.54. The Bertz CT molecular complexity index is 847. The number of rotatable bonds is 7. The van der Waals surface area contributed by atoms with Crippen LogP contribution < -0.4 is 10.6 Å². The highest BCUT2D eigenvalue weighted by Crippen LogP contribution is 2.26. The Morgan fingerprint density at radius 3 is 2.33 bits per heavy atom. The number of hydrogen-bond acceptors (Lipinski definition) is 3. The van der Waals surface area contributed by atoms with Gasteiger partial charge in [0.2, 0.25) is 11.8 Å². The first-order valence-corrected chi connectivity index (χ1v) is 7.98. The van der Waals surface area contributed by atoms with Gasteiger partial charge in [0.15, 0.2) is 0 Å². The van der Waals surface area contributed by atoms with E-state index < -0.39 is 49.4 Å². The number of fused-ring (bicyclic) bond motifs is 1. The largest absolute Gasteiger partial charge is 0.481 e. The normalized spacial score (nSPS) is 12.4. The predicted molar refractivity (Wildman–Crippen MR) is 90.8 cm³/mol. The van der Waals surface area contributed by atoms with Crippen molar-refractivity contribution >= 4 is 28.6 Å². The number of hydrogen-bond donors (Lipinski definition) is 3. The van der Waals surface area contributed by atoms with Gasteiger partial charge in [0.05, 0.1) is 12.5 Å². The maximum atomic E-state index is 12.1. The van der Waals surface area contributed by atoms with E-state index in [1.165, 1.54) is 0 Å². The van der Waals surface area contributed by atoms with E-state index in [0.717, 1.165) is 10.8 Å². The van der Waals surface area contributed by atoms with Crippen LogP contribution in [0.5, 0.6) is 0 Å². The Hall–Kier alpha value is -3.10. The fraction of sp³-hybridized carbons (Fsp3) is 0.278. The van der Waals surface area contributed by atoms with Gasteiger partial charge in [-0.2, -0.15) is 13.2 Å². The monoisotopic (exact) mass is 382 g/mol. The van der Waals surface area contributed by atoms with E-state index in [2.05, 4.69) is 5.32 Å². The lowest BCUT2D eigenvalue weighted by Gasteiger charge is -2.19. The van der Waals surface area contributed by atoms with Crippen LogP contribution in [-0.2, 0) is 14.4 Å². The summed E-state index contributed by atoms with van der Waals surface area (Å²) in [6.07, 6.45) is -5.86. The molecule has 1 atom stereocenters. The standard InChI is InChI=1S/C18H17F3N2O4/c19-18(20,21)10-22-15(24)9-16(25)23-14(8-17(26)27)13-7-3-5-11-4-1-2-6-12(11)13/h1-7,14H,8-10H2,(H,22,24)(H,23,25)(H,26,27)/t14-/m1/s1. The van der Waals surface area contributed by atoms with Gasteiger partial charge in [0.25, 0.3) is 0 Å². The molecular weight excluding hydrogens is 365 g/mol. The van der Waals surface area contributed by atoms with Crippen molar-refractivity contribution in [3.8, 4) is 0 Å². The van der Waals surface area contributed by atoms with Crippen LogP contribution in [0.1, 0.15) is 24.4 Å². The topological polar surface area (TPSA) is 95.5 Å². The molecule has 6 nitrogen and oxygen atoms in total. The summed E-state index contributed by atoms with van der Waals surface area (Å²) in [5, 5.41) is 14.7. The van der Waals surface area contributed by atoms with Gasteiger partial charge in [-0.15, -0.1) is 0 Å². The Labute approximate surface area is 152 Å². The second-order valence-electron chi connectivity index (χ2n) is 5.86. The van der Waals surface area contributed by atoms with Crippen molar-refractivity contribution in [1.29, 1.82) is 0 Å². The number of amides is 2. The fourth-order valence-corrected chi connectivity index (χ4v) is 2.62. The average molecular weight is 382 g/mol. The summed E-state index contributed by atoms with van der Waals surface area (Å²) in [7, 11) is 0. The zero-order chi connectivity index (χ0) is 20.0. The first-order chi connectivity index (χ1) is 12.7. The molecule has 0 spiro atoms. The van der Waals surface area contributed by atoms with Gasteiger partial charge in [0.1, 0.15) is 13.0 Å². The van der Waals surface area contributed by atoms with E-state index in [1.54, 1.807) is 29.6 Å². The van der Waals surface area contributed by atoms with Gasteiger partial charge in [-0.25, -0.2) is 0 Å². The number of carbonyl (C=O) groups is 3. The Kier molecular flexibility index (Phi) is 6.38. The number of benzene rings is 2. The molecule has 0 fully saturated rings. The lowest BCUT2D eigenvalue weighted by atomic mass is 9.96. The summed E-state index contributed by atoms with van der Waals surface area (Å²) in [4.78, 5) is 34.7. The molecule has 0 radical (unpaired) electrons. The molecule has 0 aliphatic heterocycles. The van der Waals surface area contributed by atoms with Crippen molar-refractivity contribution in [3.05, 3.63) is 48.0 Å². The van der Waals surface area contributed by atoms with Crippen LogP contribution in [0, 0.1) is 0 Å². The van der Waals surface area contributed by atoms with Crippen molar-refractivity contribution in [3.63, 3.8) is 0 Å². The van der Waals surface area contributed by atoms with Crippen molar-refractivity contribution in [2.75, 3.05) is 6.54 Å². The first kappa shape index (κ1) is 20.2. The highest BCUT2D eigenvalue weighted by atomic mass is 19.4. The van der Waals surface area contributed by atoms with Gasteiger partial charge in [-0.3, -0.25) is 14.4 Å². The van der Waals surface area contributed by atoms with Crippen LogP contribution in [0.3, 0.4) is 0 Å². The smallest absolute Gasteiger partial charge is 0.405 e. The number of nitrogens with one attached hydrogen (secondary N) is 2. The molecule has 0 aliphatic rings. The van der Waals surface area contributed by atoms with Crippen LogP contribution in [0.2, 0.25) is 0 Å². The number of carboxylic acid groups (broad SMARTS) is 1. The van der Waals surface area contributed by atoms with Gasteiger partial charge in [-0.05, 0) is 16.3 Å². The molecule has 2 aromatic carbocycles. The summed E-state index contributed by atoms with van der Waals surface area (Å²) >= 11 is 0. The third-order valence-electron chi connectivity index (χ3n) is 3.72. The molecule has 9 heteroatoms. The minimum absolute atomic E-state index is 0.441. The zero-order valence-corrected chi connectivity index (χ0v) is 14.0. The van der Waals surface area contributed by atoms with Crippen molar-refractivity contribution in [2.45, 2.75) is 25.1 Å². The number of alkyl halides is 3. The molecule has 2 aromatic rings. The average Bonchev–Trinajstić information content (AvgIpc) is 2.58. The molecule has 144 valence electrons. The van der Waals surface area contributed by atoms with Gasteiger partial charge in [0, 0.05) is 0 Å². The Morgan fingerprint density at radius 2 is 1.67 bits per heavy atom. The molecule has 0 bridgehead atoms. The number of aliphatic carboxylic acids is 1. The minimum Gasteiger partial charge on any atom is -0.481 e. The van der Waals surface area contributed by atoms with Crippen LogP contribution in [0.25, 0.3) is 10.8 Å².